The number of benzene rings is 2. The topological polar surface area (TPSA) is 69.6 Å². The molecule has 7 heteroatoms. The quantitative estimate of drug-likeness (QED) is 0.699. The van der Waals surface area contributed by atoms with Gasteiger partial charge >= 0.3 is 0 Å². The summed E-state index contributed by atoms with van der Waals surface area (Å²) >= 11 is 6.76. The molecule has 0 aromatic heterocycles. The monoisotopic (exact) mass is 450 g/mol. The van der Waals surface area contributed by atoms with Crippen molar-refractivity contribution in [1.29, 1.82) is 0 Å². The number of nitrogens with zero attached hydrogens (tertiary/aromatic N) is 1. The fourth-order valence-corrected chi connectivity index (χ4v) is 4.25. The minimum Gasteiger partial charge on any atom is -0.374 e. The largest absolute Gasteiger partial charge is 0.374 e. The van der Waals surface area contributed by atoms with E-state index in [1.54, 1.807) is 43.4 Å². The molecule has 0 saturated heterocycles. The number of hydrogen-bond donors (Lipinski definition) is 2. The van der Waals surface area contributed by atoms with Crippen molar-refractivity contribution in [2.45, 2.75) is 11.5 Å². The second kappa shape index (κ2) is 5.15. The molecule has 24 heavy (non-hydrogen) atoms. The lowest BCUT2D eigenvalue weighted by Gasteiger charge is -2.27. The molecule has 2 amide bonds. The maximum absolute atomic E-state index is 12.9. The third-order valence-electron chi connectivity index (χ3n) is 4.62. The molecule has 2 heterocycles. The number of likely N-dealkylation sites (N-methyl/N-ethyl adjacent to an activating group) is 1. The van der Waals surface area contributed by atoms with Crippen molar-refractivity contribution in [3.05, 3.63) is 56.5 Å². The van der Waals surface area contributed by atoms with Crippen LogP contribution in [0, 0.1) is 0 Å². The van der Waals surface area contributed by atoms with E-state index in [2.05, 4.69) is 37.2 Å². The van der Waals surface area contributed by atoms with Gasteiger partial charge < -0.3 is 15.3 Å². The molecule has 0 aliphatic carbocycles. The highest BCUT2D eigenvalue weighted by atomic mass is 79.9. The number of halogens is 2. The fraction of sp³-hybridized carbons (Fsp3) is 0.176. The average Bonchev–Trinajstić information content (AvgIpc) is 2.96. The van der Waals surface area contributed by atoms with Crippen molar-refractivity contribution in [2.24, 2.45) is 0 Å². The van der Waals surface area contributed by atoms with Crippen LogP contribution in [0.5, 0.6) is 0 Å². The van der Waals surface area contributed by atoms with Gasteiger partial charge in [-0.05, 0) is 42.0 Å². The first-order chi connectivity index (χ1) is 11.3. The zero-order chi connectivity index (χ0) is 17.2. The molecule has 2 aromatic rings. The molecule has 0 saturated carbocycles. The number of amides is 2. The predicted octanol–water partition coefficient (Wildman–Crippen LogP) is 3.11. The van der Waals surface area contributed by atoms with Gasteiger partial charge in [0.2, 0.25) is 5.91 Å². The molecule has 0 spiro atoms. The first-order valence-corrected chi connectivity index (χ1v) is 8.83. The van der Waals surface area contributed by atoms with Gasteiger partial charge in [0.1, 0.15) is 5.92 Å². The molecule has 2 atom stereocenters. The molecule has 0 radical (unpaired) electrons. The fourth-order valence-electron chi connectivity index (χ4n) is 3.51. The lowest BCUT2D eigenvalue weighted by Crippen LogP contribution is -2.45. The Labute approximate surface area is 154 Å². The summed E-state index contributed by atoms with van der Waals surface area (Å²) in [7, 11) is 1.60. The van der Waals surface area contributed by atoms with E-state index in [9.17, 15) is 14.7 Å². The van der Waals surface area contributed by atoms with E-state index in [-0.39, 0.29) is 5.91 Å². The Morgan fingerprint density at radius 3 is 2.54 bits per heavy atom. The lowest BCUT2D eigenvalue weighted by atomic mass is 9.78. The van der Waals surface area contributed by atoms with E-state index >= 15 is 0 Å². The Morgan fingerprint density at radius 1 is 1.12 bits per heavy atom. The average molecular weight is 452 g/mol. The summed E-state index contributed by atoms with van der Waals surface area (Å²) in [5, 5.41) is 14.2. The third-order valence-corrected chi connectivity index (χ3v) is 5.61. The number of rotatable bonds is 1. The van der Waals surface area contributed by atoms with E-state index in [4.69, 9.17) is 0 Å². The van der Waals surface area contributed by atoms with E-state index in [1.807, 2.05) is 0 Å². The van der Waals surface area contributed by atoms with Gasteiger partial charge in [0, 0.05) is 27.2 Å². The molecule has 0 unspecified atom stereocenters. The van der Waals surface area contributed by atoms with Crippen molar-refractivity contribution in [1.82, 2.24) is 0 Å². The Morgan fingerprint density at radius 2 is 1.79 bits per heavy atom. The van der Waals surface area contributed by atoms with E-state index in [0.29, 0.717) is 22.5 Å². The van der Waals surface area contributed by atoms with Gasteiger partial charge in [0.15, 0.2) is 5.60 Å². The molecular weight excluding hydrogens is 440 g/mol. The molecule has 0 fully saturated rings. The van der Waals surface area contributed by atoms with Gasteiger partial charge in [0.25, 0.3) is 5.91 Å². The van der Waals surface area contributed by atoms with Gasteiger partial charge in [-0.2, -0.15) is 0 Å². The van der Waals surface area contributed by atoms with Crippen molar-refractivity contribution in [3.8, 4) is 0 Å². The second-order valence-corrected chi connectivity index (χ2v) is 7.78. The van der Waals surface area contributed by atoms with Gasteiger partial charge in [-0.3, -0.25) is 9.59 Å². The number of fused-ring (bicyclic) bond motifs is 2. The maximum Gasteiger partial charge on any atom is 0.264 e. The van der Waals surface area contributed by atoms with E-state index in [1.165, 1.54) is 4.90 Å². The second-order valence-electron chi connectivity index (χ2n) is 5.95. The van der Waals surface area contributed by atoms with Crippen LogP contribution >= 0.6 is 31.9 Å². The zero-order valence-corrected chi connectivity index (χ0v) is 15.7. The number of anilines is 2. The van der Waals surface area contributed by atoms with Crippen LogP contribution in [0.15, 0.2) is 45.3 Å². The number of nitrogens with one attached hydrogen (secondary N) is 1. The Kier molecular flexibility index (Phi) is 3.39. The van der Waals surface area contributed by atoms with E-state index < -0.39 is 17.4 Å². The minimum atomic E-state index is -1.94. The van der Waals surface area contributed by atoms with Crippen LogP contribution in [0.3, 0.4) is 0 Å². The van der Waals surface area contributed by atoms with Crippen LogP contribution in [0.4, 0.5) is 11.4 Å². The summed E-state index contributed by atoms with van der Waals surface area (Å²) in [5.41, 5.74) is 0.301. The van der Waals surface area contributed by atoms with Crippen molar-refractivity contribution in [2.75, 3.05) is 17.3 Å². The smallest absolute Gasteiger partial charge is 0.264 e. The van der Waals surface area contributed by atoms with Crippen LogP contribution < -0.4 is 10.2 Å². The van der Waals surface area contributed by atoms with Gasteiger partial charge in [-0.1, -0.05) is 31.9 Å². The third kappa shape index (κ3) is 1.95. The van der Waals surface area contributed by atoms with Gasteiger partial charge in [0.05, 0.1) is 5.69 Å². The number of carbonyl (C=O) groups is 2. The first kappa shape index (κ1) is 15.8. The SMILES string of the molecule is CN1C(=O)[C@](O)([C@@H]2C(=O)Nc3ccc(Br)cc32)c2cc(Br)ccc21. The number of carbonyl (C=O) groups excluding carboxylic acids is 2. The van der Waals surface area contributed by atoms with Crippen LogP contribution in [0.1, 0.15) is 17.0 Å². The first-order valence-electron chi connectivity index (χ1n) is 7.25. The predicted molar refractivity (Wildman–Crippen MR) is 97.0 cm³/mol. The summed E-state index contributed by atoms with van der Waals surface area (Å²) < 4.78 is 1.51. The van der Waals surface area contributed by atoms with Gasteiger partial charge in [-0.25, -0.2) is 0 Å². The standard InChI is InChI=1S/C17H12Br2N2O3/c1-21-13-5-3-9(19)7-11(13)17(24,16(21)23)14-10-6-8(18)2-4-12(10)20-15(14)22/h2-7,14,24H,1H3,(H,20,22)/t14-,17+/m0/s1. The lowest BCUT2D eigenvalue weighted by molar-refractivity contribution is -0.143. The molecule has 122 valence electrons. The Balaban J connectivity index is 1.97. The number of aliphatic hydroxyl groups is 1. The number of hydrogen-bond acceptors (Lipinski definition) is 3. The van der Waals surface area contributed by atoms with Crippen LogP contribution in [-0.4, -0.2) is 24.0 Å². The maximum atomic E-state index is 12.9. The molecule has 4 rings (SSSR count). The molecule has 2 aliphatic rings. The molecule has 2 N–H and O–H groups in total. The highest BCUT2D eigenvalue weighted by Gasteiger charge is 2.59. The highest BCUT2D eigenvalue weighted by Crippen LogP contribution is 2.52. The van der Waals surface area contributed by atoms with Crippen molar-refractivity contribution < 1.29 is 14.7 Å². The van der Waals surface area contributed by atoms with Crippen LogP contribution in [0.25, 0.3) is 0 Å². The normalized spacial score (nSPS) is 24.8. The Hall–Kier alpha value is -1.70. The summed E-state index contributed by atoms with van der Waals surface area (Å²) in [4.78, 5) is 26.9. The molecule has 2 aliphatic heterocycles. The van der Waals surface area contributed by atoms with Gasteiger partial charge in [-0.15, -0.1) is 0 Å². The molecular formula is C17H12Br2N2O3. The van der Waals surface area contributed by atoms with Crippen LogP contribution in [0.2, 0.25) is 0 Å². The molecule has 2 aromatic carbocycles. The summed E-state index contributed by atoms with van der Waals surface area (Å²) in [5.74, 6) is -1.90. The molecule has 5 nitrogen and oxygen atoms in total. The van der Waals surface area contributed by atoms with Crippen molar-refractivity contribution >= 4 is 55.0 Å². The summed E-state index contributed by atoms with van der Waals surface area (Å²) in [6.45, 7) is 0. The Bertz CT molecular complexity index is 915. The zero-order valence-electron chi connectivity index (χ0n) is 12.5. The highest BCUT2D eigenvalue weighted by molar-refractivity contribution is 9.10. The minimum absolute atomic E-state index is 0.389. The summed E-state index contributed by atoms with van der Waals surface area (Å²) in [6.07, 6.45) is 0. The molecule has 0 bridgehead atoms. The van der Waals surface area contributed by atoms with Crippen LogP contribution in [-0.2, 0) is 15.2 Å². The summed E-state index contributed by atoms with van der Waals surface area (Å²) in [6, 6.07) is 10.6. The van der Waals surface area contributed by atoms with E-state index in [0.717, 1.165) is 8.95 Å². The van der Waals surface area contributed by atoms with Crippen molar-refractivity contribution in [3.63, 3.8) is 0 Å².